The van der Waals surface area contributed by atoms with Crippen LogP contribution in [0.1, 0.15) is 0 Å². The third-order valence-electron chi connectivity index (χ3n) is 4.95. The molecule has 2 N–H and O–H groups in total. The standard InChI is InChI=1S/C23H14F6N4O2S2/c24-21(25,17(34)32-19-30-15(11-36-19)13-7-3-1-4-8-13)23(28,29)22(26,27)18(35)33-20-31-16(12-37-20)14-9-5-2-6-10-14/h1-12H,(H,30,32,34)(H,31,33,35). The van der Waals surface area contributed by atoms with E-state index in [0.29, 0.717) is 33.8 Å². The average Bonchev–Trinajstić information content (AvgIpc) is 3.55. The highest BCUT2D eigenvalue weighted by molar-refractivity contribution is 7.14. The summed E-state index contributed by atoms with van der Waals surface area (Å²) in [7, 11) is 0. The fourth-order valence-corrected chi connectivity index (χ4v) is 4.41. The molecule has 0 aliphatic carbocycles. The molecule has 0 atom stereocenters. The second kappa shape index (κ2) is 9.94. The topological polar surface area (TPSA) is 84.0 Å². The van der Waals surface area contributed by atoms with Gasteiger partial charge in [-0.05, 0) is 0 Å². The monoisotopic (exact) mass is 556 g/mol. The van der Waals surface area contributed by atoms with Crippen LogP contribution >= 0.6 is 22.7 Å². The summed E-state index contributed by atoms with van der Waals surface area (Å²) in [6.07, 6.45) is 0. The van der Waals surface area contributed by atoms with Gasteiger partial charge in [-0.25, -0.2) is 9.97 Å². The Balaban J connectivity index is 1.48. The summed E-state index contributed by atoms with van der Waals surface area (Å²) < 4.78 is 86.2. The fourth-order valence-electron chi connectivity index (χ4n) is 2.98. The minimum atomic E-state index is -6.40. The Kier molecular flexibility index (Phi) is 7.06. The molecular weight excluding hydrogens is 542 g/mol. The average molecular weight is 557 g/mol. The van der Waals surface area contributed by atoms with Crippen LogP contribution in [0.15, 0.2) is 71.4 Å². The summed E-state index contributed by atoms with van der Waals surface area (Å²) in [4.78, 5) is 31.6. The second-order valence-electron chi connectivity index (χ2n) is 7.44. The highest BCUT2D eigenvalue weighted by atomic mass is 32.1. The van der Waals surface area contributed by atoms with E-state index in [1.54, 1.807) is 60.7 Å². The molecule has 4 aromatic rings. The first-order valence-electron chi connectivity index (χ1n) is 10.2. The minimum absolute atomic E-state index is 0.235. The number of benzene rings is 2. The van der Waals surface area contributed by atoms with Gasteiger partial charge in [-0.3, -0.25) is 20.2 Å². The molecule has 0 saturated heterocycles. The fraction of sp³-hybridized carbons (Fsp3) is 0.130. The lowest BCUT2D eigenvalue weighted by atomic mass is 10.0. The molecule has 37 heavy (non-hydrogen) atoms. The zero-order valence-corrected chi connectivity index (χ0v) is 19.9. The van der Waals surface area contributed by atoms with Crippen molar-refractivity contribution in [3.8, 4) is 22.5 Å². The highest BCUT2D eigenvalue weighted by Gasteiger charge is 2.78. The molecule has 0 fully saturated rings. The normalized spacial score (nSPS) is 12.3. The number of hydrogen-bond acceptors (Lipinski definition) is 6. The molecule has 2 amide bonds. The Bertz CT molecular complexity index is 1310. The van der Waals surface area contributed by atoms with Crippen molar-refractivity contribution < 1.29 is 35.9 Å². The summed E-state index contributed by atoms with van der Waals surface area (Å²) >= 11 is 1.24. The van der Waals surface area contributed by atoms with Gasteiger partial charge in [-0.15, -0.1) is 22.7 Å². The lowest BCUT2D eigenvalue weighted by Gasteiger charge is -2.30. The van der Waals surface area contributed by atoms with Gasteiger partial charge in [0.05, 0.1) is 11.4 Å². The lowest BCUT2D eigenvalue weighted by Crippen LogP contribution is -2.63. The van der Waals surface area contributed by atoms with Crippen LogP contribution in [0, 0.1) is 0 Å². The van der Waals surface area contributed by atoms with Crippen LogP contribution < -0.4 is 10.6 Å². The van der Waals surface area contributed by atoms with Crippen LogP contribution in [0.5, 0.6) is 0 Å². The first kappa shape index (κ1) is 26.3. The molecule has 4 rings (SSSR count). The van der Waals surface area contributed by atoms with Crippen LogP contribution in [0.25, 0.3) is 22.5 Å². The van der Waals surface area contributed by atoms with E-state index in [9.17, 15) is 35.9 Å². The first-order valence-corrected chi connectivity index (χ1v) is 12.0. The Morgan fingerprint density at radius 3 is 1.32 bits per heavy atom. The number of aromatic nitrogens is 2. The number of halogens is 6. The van der Waals surface area contributed by atoms with Crippen molar-refractivity contribution in [1.82, 2.24) is 9.97 Å². The minimum Gasteiger partial charge on any atom is -0.296 e. The van der Waals surface area contributed by atoms with Crippen LogP contribution in [0.2, 0.25) is 0 Å². The van der Waals surface area contributed by atoms with Gasteiger partial charge < -0.3 is 0 Å². The van der Waals surface area contributed by atoms with E-state index in [-0.39, 0.29) is 11.4 Å². The van der Waals surface area contributed by atoms with Crippen molar-refractivity contribution in [1.29, 1.82) is 0 Å². The Labute approximate surface area is 213 Å². The van der Waals surface area contributed by atoms with Gasteiger partial charge in [0, 0.05) is 21.9 Å². The van der Waals surface area contributed by atoms with Crippen molar-refractivity contribution in [2.75, 3.05) is 10.6 Å². The van der Waals surface area contributed by atoms with Crippen LogP contribution in [0.3, 0.4) is 0 Å². The predicted molar refractivity (Wildman–Crippen MR) is 127 cm³/mol. The maximum absolute atomic E-state index is 14.4. The lowest BCUT2D eigenvalue weighted by molar-refractivity contribution is -0.283. The number of thiazole rings is 2. The second-order valence-corrected chi connectivity index (χ2v) is 9.16. The SMILES string of the molecule is O=C(Nc1nc(-c2ccccc2)cs1)C(F)(F)C(F)(F)C(F)(F)C(=O)Nc1nc(-c2ccccc2)cs1. The van der Waals surface area contributed by atoms with Gasteiger partial charge in [-0.2, -0.15) is 26.3 Å². The van der Waals surface area contributed by atoms with Crippen molar-refractivity contribution in [2.24, 2.45) is 0 Å². The van der Waals surface area contributed by atoms with E-state index in [1.807, 2.05) is 0 Å². The molecule has 0 unspecified atom stereocenters. The van der Waals surface area contributed by atoms with E-state index >= 15 is 0 Å². The number of amides is 2. The first-order chi connectivity index (χ1) is 17.4. The molecule has 2 aromatic heterocycles. The third kappa shape index (κ3) is 5.06. The summed E-state index contributed by atoms with van der Waals surface area (Å²) in [5, 5.41) is 4.49. The van der Waals surface area contributed by atoms with Gasteiger partial charge in [0.25, 0.3) is 0 Å². The Hall–Kier alpha value is -3.78. The maximum Gasteiger partial charge on any atom is 0.393 e. The van der Waals surface area contributed by atoms with Gasteiger partial charge in [-0.1, -0.05) is 60.7 Å². The van der Waals surface area contributed by atoms with Crippen LogP contribution in [-0.4, -0.2) is 39.5 Å². The maximum atomic E-state index is 14.4. The number of carbonyl (C=O) groups is 2. The molecular formula is C23H14F6N4O2S2. The largest absolute Gasteiger partial charge is 0.393 e. The molecule has 0 bridgehead atoms. The van der Waals surface area contributed by atoms with Crippen molar-refractivity contribution >= 4 is 44.8 Å². The molecule has 0 aliphatic rings. The Morgan fingerprint density at radius 2 is 0.973 bits per heavy atom. The van der Waals surface area contributed by atoms with Crippen molar-refractivity contribution in [3.05, 3.63) is 71.4 Å². The van der Waals surface area contributed by atoms with E-state index in [0.717, 1.165) is 0 Å². The number of carbonyl (C=O) groups excluding carboxylic acids is 2. The zero-order chi connectivity index (χ0) is 26.8. The molecule has 0 radical (unpaired) electrons. The molecule has 192 valence electrons. The third-order valence-corrected chi connectivity index (χ3v) is 6.46. The molecule has 0 aliphatic heterocycles. The zero-order valence-electron chi connectivity index (χ0n) is 18.2. The summed E-state index contributed by atoms with van der Waals surface area (Å²) in [6.45, 7) is 0. The number of nitrogens with one attached hydrogen (secondary N) is 2. The van der Waals surface area contributed by atoms with E-state index < -0.39 is 39.8 Å². The predicted octanol–water partition coefficient (Wildman–Crippen LogP) is 6.42. The molecule has 0 saturated carbocycles. The summed E-state index contributed by atoms with van der Waals surface area (Å²) in [6, 6.07) is 16.5. The van der Waals surface area contributed by atoms with Gasteiger partial charge in [0.2, 0.25) is 0 Å². The van der Waals surface area contributed by atoms with Crippen molar-refractivity contribution in [3.63, 3.8) is 0 Å². The van der Waals surface area contributed by atoms with E-state index in [4.69, 9.17) is 0 Å². The van der Waals surface area contributed by atoms with E-state index in [2.05, 4.69) is 9.97 Å². The molecule has 14 heteroatoms. The van der Waals surface area contributed by atoms with Crippen molar-refractivity contribution in [2.45, 2.75) is 17.8 Å². The smallest absolute Gasteiger partial charge is 0.296 e. The van der Waals surface area contributed by atoms with Gasteiger partial charge >= 0.3 is 29.6 Å². The highest BCUT2D eigenvalue weighted by Crippen LogP contribution is 2.47. The molecule has 2 heterocycles. The van der Waals surface area contributed by atoms with Crippen LogP contribution in [0.4, 0.5) is 36.6 Å². The number of alkyl halides is 6. The van der Waals surface area contributed by atoms with Crippen LogP contribution in [-0.2, 0) is 9.59 Å². The Morgan fingerprint density at radius 1 is 0.622 bits per heavy atom. The van der Waals surface area contributed by atoms with E-state index in [1.165, 1.54) is 21.4 Å². The molecule has 0 spiro atoms. The summed E-state index contributed by atoms with van der Waals surface area (Å²) in [5.74, 6) is -23.9. The molecule has 6 nitrogen and oxygen atoms in total. The number of anilines is 2. The number of hydrogen-bond donors (Lipinski definition) is 2. The number of rotatable bonds is 8. The van der Waals surface area contributed by atoms with Gasteiger partial charge in [0.15, 0.2) is 10.3 Å². The quantitative estimate of drug-likeness (QED) is 0.246. The molecule has 2 aromatic carbocycles. The summed E-state index contributed by atoms with van der Waals surface area (Å²) in [5.41, 5.74) is 1.55. The van der Waals surface area contributed by atoms with Gasteiger partial charge in [0.1, 0.15) is 0 Å². The number of nitrogens with zero attached hydrogens (tertiary/aromatic N) is 2.